The van der Waals surface area contributed by atoms with E-state index in [1.807, 2.05) is 13.0 Å². The molecule has 0 aliphatic heterocycles. The summed E-state index contributed by atoms with van der Waals surface area (Å²) in [5.74, 6) is 0.0300. The first kappa shape index (κ1) is 12.8. The molecule has 4 N–H and O–H groups in total. The van der Waals surface area contributed by atoms with Crippen molar-refractivity contribution < 1.29 is 0 Å². The number of hydrogen-bond donors (Lipinski definition) is 3. The van der Waals surface area contributed by atoms with Crippen molar-refractivity contribution in [3.05, 3.63) is 32.0 Å². The van der Waals surface area contributed by atoms with Crippen LogP contribution in [0.15, 0.2) is 9.59 Å². The zero-order chi connectivity index (χ0) is 14.0. The number of aromatic nitrogens is 3. The van der Waals surface area contributed by atoms with E-state index in [9.17, 15) is 9.59 Å². The number of aromatic amines is 2. The normalized spacial score (nSPS) is 10.5. The van der Waals surface area contributed by atoms with Crippen molar-refractivity contribution in [3.63, 3.8) is 0 Å². The molecule has 0 amide bonds. The number of rotatable bonds is 3. The number of H-pyrrole nitrogens is 2. The van der Waals surface area contributed by atoms with Crippen molar-refractivity contribution >= 4 is 16.9 Å². The molecule has 0 radical (unpaired) electrons. The first-order valence-electron chi connectivity index (χ1n) is 5.93. The van der Waals surface area contributed by atoms with Crippen LogP contribution in [0.2, 0.25) is 0 Å². The molecule has 7 heteroatoms. The summed E-state index contributed by atoms with van der Waals surface area (Å²) < 4.78 is 0. The third-order valence-electron chi connectivity index (χ3n) is 2.91. The van der Waals surface area contributed by atoms with Crippen molar-refractivity contribution in [2.24, 2.45) is 0 Å². The van der Waals surface area contributed by atoms with Crippen LogP contribution in [0.1, 0.15) is 30.9 Å². The lowest BCUT2D eigenvalue weighted by Crippen LogP contribution is -2.24. The summed E-state index contributed by atoms with van der Waals surface area (Å²) in [5.41, 5.74) is 5.39. The summed E-state index contributed by atoms with van der Waals surface area (Å²) in [5, 5.41) is 9.38. The third-order valence-corrected chi connectivity index (χ3v) is 2.91. The Bertz CT molecular complexity index is 782. The highest BCUT2D eigenvalue weighted by Crippen LogP contribution is 2.22. The quantitative estimate of drug-likeness (QED) is 0.735. The van der Waals surface area contributed by atoms with Crippen molar-refractivity contribution in [2.45, 2.75) is 26.2 Å². The summed E-state index contributed by atoms with van der Waals surface area (Å²) in [4.78, 5) is 31.6. The topological polar surface area (TPSA) is 128 Å². The minimum absolute atomic E-state index is 0.0300. The number of nitrogens with zero attached hydrogens (tertiary/aromatic N) is 2. The van der Waals surface area contributed by atoms with Crippen molar-refractivity contribution in [1.29, 1.82) is 5.26 Å². The van der Waals surface area contributed by atoms with Gasteiger partial charge in [0.25, 0.3) is 5.56 Å². The average Bonchev–Trinajstić information content (AvgIpc) is 2.34. The Morgan fingerprint density at radius 2 is 2.11 bits per heavy atom. The van der Waals surface area contributed by atoms with E-state index in [1.54, 1.807) is 0 Å². The third kappa shape index (κ3) is 2.20. The van der Waals surface area contributed by atoms with Crippen LogP contribution in [0.4, 0.5) is 5.82 Å². The first-order chi connectivity index (χ1) is 9.08. The van der Waals surface area contributed by atoms with Crippen LogP contribution >= 0.6 is 0 Å². The molecular formula is C12H13N5O2. The molecule has 2 aromatic heterocycles. The monoisotopic (exact) mass is 259 g/mol. The summed E-state index contributed by atoms with van der Waals surface area (Å²) in [6.45, 7) is 2.00. The minimum Gasteiger partial charge on any atom is -0.383 e. The molecule has 0 spiro atoms. The van der Waals surface area contributed by atoms with Crippen LogP contribution in [0.5, 0.6) is 0 Å². The van der Waals surface area contributed by atoms with Gasteiger partial charge in [0.1, 0.15) is 17.5 Å². The fourth-order valence-electron chi connectivity index (χ4n) is 2.02. The van der Waals surface area contributed by atoms with Crippen LogP contribution in [0.3, 0.4) is 0 Å². The van der Waals surface area contributed by atoms with Crippen LogP contribution in [0.25, 0.3) is 11.0 Å². The maximum absolute atomic E-state index is 11.9. The van der Waals surface area contributed by atoms with E-state index in [0.29, 0.717) is 12.0 Å². The van der Waals surface area contributed by atoms with Gasteiger partial charge in [0.05, 0.1) is 10.9 Å². The van der Waals surface area contributed by atoms with Gasteiger partial charge in [-0.2, -0.15) is 5.26 Å². The van der Waals surface area contributed by atoms with Gasteiger partial charge in [-0.15, -0.1) is 0 Å². The van der Waals surface area contributed by atoms with Crippen LogP contribution < -0.4 is 17.0 Å². The van der Waals surface area contributed by atoms with E-state index in [0.717, 1.165) is 12.8 Å². The van der Waals surface area contributed by atoms with E-state index in [1.165, 1.54) is 0 Å². The van der Waals surface area contributed by atoms with Crippen LogP contribution in [0, 0.1) is 11.3 Å². The molecule has 19 heavy (non-hydrogen) atoms. The Morgan fingerprint density at radius 1 is 1.37 bits per heavy atom. The second kappa shape index (κ2) is 4.94. The molecule has 0 aromatic carbocycles. The molecule has 0 aliphatic rings. The number of pyridine rings is 1. The highest BCUT2D eigenvalue weighted by atomic mass is 16.2. The van der Waals surface area contributed by atoms with Gasteiger partial charge in [-0.1, -0.05) is 13.3 Å². The lowest BCUT2D eigenvalue weighted by molar-refractivity contribution is 0.796. The molecule has 0 unspecified atom stereocenters. The average molecular weight is 259 g/mol. The fraction of sp³-hybridized carbons (Fsp3) is 0.333. The SMILES string of the molecule is CCCCc1c(C#N)c(N)nc2[nH]c(=O)[nH]c(=O)c12. The van der Waals surface area contributed by atoms with Gasteiger partial charge in [0, 0.05) is 0 Å². The van der Waals surface area contributed by atoms with Gasteiger partial charge in [-0.3, -0.25) is 14.8 Å². The van der Waals surface area contributed by atoms with Crippen LogP contribution in [-0.2, 0) is 6.42 Å². The van der Waals surface area contributed by atoms with E-state index < -0.39 is 11.2 Å². The van der Waals surface area contributed by atoms with Gasteiger partial charge < -0.3 is 5.73 Å². The van der Waals surface area contributed by atoms with Gasteiger partial charge in [-0.25, -0.2) is 9.78 Å². The van der Waals surface area contributed by atoms with E-state index >= 15 is 0 Å². The maximum atomic E-state index is 11.9. The summed E-state index contributed by atoms with van der Waals surface area (Å²) >= 11 is 0. The molecular weight excluding hydrogens is 246 g/mol. The number of nitriles is 1. The Labute approximate surface area is 108 Å². The number of unbranched alkanes of at least 4 members (excludes halogenated alkanes) is 1. The lowest BCUT2D eigenvalue weighted by Gasteiger charge is -2.08. The van der Waals surface area contributed by atoms with Gasteiger partial charge >= 0.3 is 5.69 Å². The molecule has 2 aromatic rings. The largest absolute Gasteiger partial charge is 0.383 e. The van der Waals surface area contributed by atoms with Gasteiger partial charge in [0.2, 0.25) is 0 Å². The summed E-state index contributed by atoms with van der Waals surface area (Å²) in [7, 11) is 0. The molecule has 0 fully saturated rings. The maximum Gasteiger partial charge on any atom is 0.327 e. The molecule has 2 heterocycles. The van der Waals surface area contributed by atoms with Crippen molar-refractivity contribution in [1.82, 2.24) is 15.0 Å². The zero-order valence-electron chi connectivity index (χ0n) is 10.4. The van der Waals surface area contributed by atoms with Crippen molar-refractivity contribution in [2.75, 3.05) is 5.73 Å². The van der Waals surface area contributed by atoms with Crippen molar-refractivity contribution in [3.8, 4) is 6.07 Å². The lowest BCUT2D eigenvalue weighted by atomic mass is 10.0. The molecule has 0 aliphatic carbocycles. The second-order valence-corrected chi connectivity index (χ2v) is 4.20. The number of fused-ring (bicyclic) bond motifs is 1. The Hall–Kier alpha value is -2.62. The predicted molar refractivity (Wildman–Crippen MR) is 70.7 cm³/mol. The van der Waals surface area contributed by atoms with Gasteiger partial charge in [0.15, 0.2) is 0 Å². The number of hydrogen-bond acceptors (Lipinski definition) is 5. The standard InChI is InChI=1S/C12H13N5O2/c1-2-3-4-6-7(5-13)9(14)15-10-8(6)11(18)17-12(19)16-10/h2-4H2,1H3,(H4,14,15,16,17,18,19). The van der Waals surface area contributed by atoms with E-state index in [-0.39, 0.29) is 22.4 Å². The summed E-state index contributed by atoms with van der Waals surface area (Å²) in [6, 6.07) is 1.97. The highest BCUT2D eigenvalue weighted by Gasteiger charge is 2.16. The van der Waals surface area contributed by atoms with E-state index in [4.69, 9.17) is 11.0 Å². The fourth-order valence-corrected chi connectivity index (χ4v) is 2.02. The molecule has 7 nitrogen and oxygen atoms in total. The Balaban J connectivity index is 2.90. The number of nitrogens with one attached hydrogen (secondary N) is 2. The van der Waals surface area contributed by atoms with Crippen LogP contribution in [-0.4, -0.2) is 15.0 Å². The summed E-state index contributed by atoms with van der Waals surface area (Å²) in [6.07, 6.45) is 2.26. The number of aryl methyl sites for hydroxylation is 1. The minimum atomic E-state index is -0.643. The molecule has 0 saturated heterocycles. The molecule has 0 bridgehead atoms. The van der Waals surface area contributed by atoms with E-state index in [2.05, 4.69) is 15.0 Å². The highest BCUT2D eigenvalue weighted by molar-refractivity contribution is 5.83. The number of anilines is 1. The zero-order valence-corrected chi connectivity index (χ0v) is 10.4. The number of nitrogen functional groups attached to an aromatic ring is 1. The molecule has 0 atom stereocenters. The first-order valence-corrected chi connectivity index (χ1v) is 5.93. The molecule has 98 valence electrons. The second-order valence-electron chi connectivity index (χ2n) is 4.20. The van der Waals surface area contributed by atoms with Gasteiger partial charge in [-0.05, 0) is 18.4 Å². The molecule has 2 rings (SSSR count). The Morgan fingerprint density at radius 3 is 2.74 bits per heavy atom. The predicted octanol–water partition coefficient (Wildman–Crippen LogP) is 0.408. The molecule has 0 saturated carbocycles. The number of nitrogens with two attached hydrogens (primary N) is 1. The smallest absolute Gasteiger partial charge is 0.327 e. The Kier molecular flexibility index (Phi) is 3.33.